The van der Waals surface area contributed by atoms with Crippen LogP contribution >= 0.6 is 0 Å². The zero-order valence-electron chi connectivity index (χ0n) is 12.9. The van der Waals surface area contributed by atoms with E-state index in [2.05, 4.69) is 13.8 Å². The number of aryl methyl sites for hydroxylation is 1. The van der Waals surface area contributed by atoms with Crippen LogP contribution in [0, 0.1) is 6.92 Å². The lowest BCUT2D eigenvalue weighted by atomic mass is 9.79. The molecule has 1 aromatic rings. The molecular weight excluding hydrogens is 268 g/mol. The van der Waals surface area contributed by atoms with Gasteiger partial charge in [0.15, 0.2) is 0 Å². The molecule has 3 rings (SSSR count). The minimum absolute atomic E-state index is 0.102. The van der Waals surface area contributed by atoms with E-state index in [1.165, 1.54) is 0 Å². The van der Waals surface area contributed by atoms with Gasteiger partial charge < -0.3 is 9.47 Å². The minimum atomic E-state index is -0.893. The first-order valence-electron chi connectivity index (χ1n) is 7.39. The Bertz CT molecular complexity index is 570. The molecule has 4 nitrogen and oxygen atoms in total. The number of hydrogen-bond acceptors (Lipinski definition) is 4. The van der Waals surface area contributed by atoms with Gasteiger partial charge in [0.05, 0.1) is 12.2 Å². The summed E-state index contributed by atoms with van der Waals surface area (Å²) in [7, 11) is 0. The highest BCUT2D eigenvalue weighted by molar-refractivity contribution is 5.48. The van der Waals surface area contributed by atoms with Crippen molar-refractivity contribution < 1.29 is 19.6 Å². The van der Waals surface area contributed by atoms with Crippen molar-refractivity contribution in [3.63, 3.8) is 0 Å². The Labute approximate surface area is 125 Å². The summed E-state index contributed by atoms with van der Waals surface area (Å²) in [5, 5.41) is 9.35. The molecule has 1 spiro atoms. The van der Waals surface area contributed by atoms with Crippen LogP contribution in [0.3, 0.4) is 0 Å². The molecule has 0 amide bonds. The third-order valence-corrected chi connectivity index (χ3v) is 4.38. The van der Waals surface area contributed by atoms with Crippen LogP contribution < -0.4 is 0 Å². The summed E-state index contributed by atoms with van der Waals surface area (Å²) >= 11 is 0. The molecule has 0 bridgehead atoms. The SMILES string of the molecule is Cc1cccc2c1C1(C=CC2(C)OO)O[C@H](C)C[C@H](C)O1. The van der Waals surface area contributed by atoms with Gasteiger partial charge in [0, 0.05) is 5.56 Å². The number of hydrogen-bond donors (Lipinski definition) is 1. The smallest absolute Gasteiger partial charge is 0.216 e. The van der Waals surface area contributed by atoms with E-state index in [1.54, 1.807) is 6.08 Å². The van der Waals surface area contributed by atoms with E-state index in [1.807, 2.05) is 38.1 Å². The van der Waals surface area contributed by atoms with E-state index in [4.69, 9.17) is 14.4 Å². The lowest BCUT2D eigenvalue weighted by Gasteiger charge is -2.46. The van der Waals surface area contributed by atoms with Crippen LogP contribution in [0.25, 0.3) is 0 Å². The molecule has 2 aliphatic rings. The Hall–Kier alpha value is -1.20. The average Bonchev–Trinajstić information content (AvgIpc) is 2.42. The first-order chi connectivity index (χ1) is 9.90. The summed E-state index contributed by atoms with van der Waals surface area (Å²) in [4.78, 5) is 4.75. The maximum absolute atomic E-state index is 9.35. The van der Waals surface area contributed by atoms with E-state index in [9.17, 15) is 5.26 Å². The normalized spacial score (nSPS) is 38.5. The van der Waals surface area contributed by atoms with Crippen LogP contribution in [0.2, 0.25) is 0 Å². The monoisotopic (exact) mass is 290 g/mol. The minimum Gasteiger partial charge on any atom is -0.339 e. The lowest BCUT2D eigenvalue weighted by molar-refractivity contribution is -0.320. The highest BCUT2D eigenvalue weighted by Crippen LogP contribution is 2.47. The molecule has 114 valence electrons. The van der Waals surface area contributed by atoms with Gasteiger partial charge in [-0.1, -0.05) is 18.2 Å². The highest BCUT2D eigenvalue weighted by Gasteiger charge is 2.48. The second kappa shape index (κ2) is 4.92. The van der Waals surface area contributed by atoms with Crippen molar-refractivity contribution in [3.05, 3.63) is 47.0 Å². The van der Waals surface area contributed by atoms with Crippen molar-refractivity contribution in [1.29, 1.82) is 0 Å². The van der Waals surface area contributed by atoms with Gasteiger partial charge in [-0.3, -0.25) is 5.26 Å². The fourth-order valence-electron chi connectivity index (χ4n) is 3.45. The van der Waals surface area contributed by atoms with Gasteiger partial charge in [0.1, 0.15) is 5.60 Å². The van der Waals surface area contributed by atoms with Gasteiger partial charge in [-0.05, 0) is 57.4 Å². The number of rotatable bonds is 1. The standard InChI is InChI=1S/C17H22O4/c1-11-6-5-7-14-15(11)17(9-8-16(14,4)21-18)19-12(2)10-13(3)20-17/h5-9,12-13,18H,10H2,1-4H3/t12-,13+,16?,17?. The number of fused-ring (bicyclic) bond motifs is 2. The Morgan fingerprint density at radius 1 is 1.19 bits per heavy atom. The van der Waals surface area contributed by atoms with Gasteiger partial charge in [0.2, 0.25) is 5.79 Å². The molecule has 4 atom stereocenters. The van der Waals surface area contributed by atoms with E-state index in [-0.39, 0.29) is 12.2 Å². The van der Waals surface area contributed by atoms with Crippen LogP contribution in [-0.2, 0) is 25.7 Å². The Morgan fingerprint density at radius 3 is 2.48 bits per heavy atom. The Kier molecular flexibility index (Phi) is 3.45. The van der Waals surface area contributed by atoms with Crippen LogP contribution in [0.1, 0.15) is 43.9 Å². The van der Waals surface area contributed by atoms with E-state index in [0.29, 0.717) is 0 Å². The summed E-state index contributed by atoms with van der Waals surface area (Å²) < 4.78 is 12.4. The molecule has 1 saturated heterocycles. The second-order valence-electron chi connectivity index (χ2n) is 6.29. The third-order valence-electron chi connectivity index (χ3n) is 4.38. The quantitative estimate of drug-likeness (QED) is 0.487. The molecular formula is C17H22O4. The van der Waals surface area contributed by atoms with Crippen molar-refractivity contribution in [2.24, 2.45) is 0 Å². The average molecular weight is 290 g/mol. The molecule has 1 fully saturated rings. The van der Waals surface area contributed by atoms with Gasteiger partial charge in [-0.15, -0.1) is 0 Å². The molecule has 1 heterocycles. The van der Waals surface area contributed by atoms with E-state index < -0.39 is 11.4 Å². The summed E-state index contributed by atoms with van der Waals surface area (Å²) in [6.07, 6.45) is 4.74. The van der Waals surface area contributed by atoms with Gasteiger partial charge >= 0.3 is 0 Å². The van der Waals surface area contributed by atoms with E-state index >= 15 is 0 Å². The molecule has 1 aromatic carbocycles. The molecule has 1 N–H and O–H groups in total. The maximum Gasteiger partial charge on any atom is 0.216 e. The highest BCUT2D eigenvalue weighted by atomic mass is 17.1. The van der Waals surface area contributed by atoms with Gasteiger partial charge in [-0.2, -0.15) is 0 Å². The van der Waals surface area contributed by atoms with E-state index in [0.717, 1.165) is 23.1 Å². The Morgan fingerprint density at radius 2 is 1.86 bits per heavy atom. The predicted octanol–water partition coefficient (Wildman–Crippen LogP) is 3.64. The third kappa shape index (κ3) is 2.23. The summed E-state index contributed by atoms with van der Waals surface area (Å²) in [6, 6.07) is 5.92. The number of benzene rings is 1. The molecule has 0 aromatic heterocycles. The van der Waals surface area contributed by atoms with Crippen LogP contribution in [0.5, 0.6) is 0 Å². The van der Waals surface area contributed by atoms with Crippen LogP contribution in [0.15, 0.2) is 30.4 Å². The first-order valence-corrected chi connectivity index (χ1v) is 7.39. The molecule has 0 saturated carbocycles. The fourth-order valence-corrected chi connectivity index (χ4v) is 3.45. The number of ether oxygens (including phenoxy) is 2. The maximum atomic E-state index is 9.35. The van der Waals surface area contributed by atoms with Crippen LogP contribution in [0.4, 0.5) is 0 Å². The van der Waals surface area contributed by atoms with Crippen LogP contribution in [-0.4, -0.2) is 17.5 Å². The lowest BCUT2D eigenvalue weighted by Crippen LogP contribution is -2.47. The molecule has 1 aliphatic heterocycles. The summed E-state index contributed by atoms with van der Waals surface area (Å²) in [6.45, 7) is 7.96. The molecule has 4 heteroatoms. The Balaban J connectivity index is 2.20. The predicted molar refractivity (Wildman–Crippen MR) is 78.8 cm³/mol. The molecule has 0 radical (unpaired) electrons. The van der Waals surface area contributed by atoms with Crippen molar-refractivity contribution in [1.82, 2.24) is 0 Å². The summed E-state index contributed by atoms with van der Waals surface area (Å²) in [5.41, 5.74) is 1.97. The first kappa shape index (κ1) is 14.7. The second-order valence-corrected chi connectivity index (χ2v) is 6.29. The van der Waals surface area contributed by atoms with Crippen molar-refractivity contribution in [2.75, 3.05) is 0 Å². The van der Waals surface area contributed by atoms with Crippen molar-refractivity contribution >= 4 is 0 Å². The zero-order chi connectivity index (χ0) is 15.3. The van der Waals surface area contributed by atoms with Crippen molar-refractivity contribution in [3.8, 4) is 0 Å². The topological polar surface area (TPSA) is 47.9 Å². The molecule has 2 unspecified atom stereocenters. The largest absolute Gasteiger partial charge is 0.339 e. The molecule has 21 heavy (non-hydrogen) atoms. The van der Waals surface area contributed by atoms with Gasteiger partial charge in [0.25, 0.3) is 0 Å². The molecule has 1 aliphatic carbocycles. The fraction of sp³-hybridized carbons (Fsp3) is 0.529. The van der Waals surface area contributed by atoms with Crippen molar-refractivity contribution in [2.45, 2.75) is 57.7 Å². The van der Waals surface area contributed by atoms with Gasteiger partial charge in [-0.25, -0.2) is 4.89 Å². The summed E-state index contributed by atoms with van der Waals surface area (Å²) in [5.74, 6) is -0.893. The zero-order valence-corrected chi connectivity index (χ0v) is 12.9.